The van der Waals surface area contributed by atoms with Gasteiger partial charge in [0.05, 0.1) is 19.6 Å². The van der Waals surface area contributed by atoms with Crippen molar-refractivity contribution in [3.8, 4) is 0 Å². The van der Waals surface area contributed by atoms with E-state index >= 15 is 0 Å². The summed E-state index contributed by atoms with van der Waals surface area (Å²) < 4.78 is 4.96. The first-order chi connectivity index (χ1) is 12.2. The first-order valence-corrected chi connectivity index (χ1v) is 8.90. The lowest BCUT2D eigenvalue weighted by atomic mass is 10.2. The van der Waals surface area contributed by atoms with E-state index in [1.165, 1.54) is 11.8 Å². The molecule has 25 heavy (non-hydrogen) atoms. The Labute approximate surface area is 151 Å². The summed E-state index contributed by atoms with van der Waals surface area (Å²) in [6.07, 6.45) is -0.0199. The fraction of sp³-hybridized carbons (Fsp3) is 0.263. The van der Waals surface area contributed by atoms with E-state index in [0.29, 0.717) is 0 Å². The second kappa shape index (κ2) is 10.5. The van der Waals surface area contributed by atoms with Gasteiger partial charge >= 0.3 is 5.97 Å². The molecule has 0 aliphatic carbocycles. The van der Waals surface area contributed by atoms with E-state index in [1.807, 2.05) is 60.7 Å². The van der Waals surface area contributed by atoms with Gasteiger partial charge < -0.3 is 4.74 Å². The molecule has 2 aromatic rings. The maximum Gasteiger partial charge on any atom is 0.307 e. The SMILES string of the molecule is CCOC(=O)CC(Sc1ccccc1)C(=O)NOCc1ccccc1. The summed E-state index contributed by atoms with van der Waals surface area (Å²) in [5.41, 5.74) is 3.38. The Hall–Kier alpha value is -2.31. The van der Waals surface area contributed by atoms with Crippen LogP contribution in [0.25, 0.3) is 0 Å². The molecule has 1 atom stereocenters. The monoisotopic (exact) mass is 359 g/mol. The molecule has 0 radical (unpaired) electrons. The molecule has 0 saturated carbocycles. The van der Waals surface area contributed by atoms with Crippen LogP contribution in [0.3, 0.4) is 0 Å². The van der Waals surface area contributed by atoms with E-state index in [9.17, 15) is 9.59 Å². The van der Waals surface area contributed by atoms with Gasteiger partial charge in [0, 0.05) is 4.90 Å². The average Bonchev–Trinajstić information content (AvgIpc) is 2.63. The average molecular weight is 359 g/mol. The van der Waals surface area contributed by atoms with Gasteiger partial charge in [0.15, 0.2) is 0 Å². The maximum absolute atomic E-state index is 12.4. The largest absolute Gasteiger partial charge is 0.466 e. The molecule has 0 bridgehead atoms. The minimum absolute atomic E-state index is 0.0199. The van der Waals surface area contributed by atoms with Gasteiger partial charge in [-0.15, -0.1) is 11.8 Å². The second-order valence-electron chi connectivity index (χ2n) is 5.17. The Kier molecular flexibility index (Phi) is 8.01. The van der Waals surface area contributed by atoms with Gasteiger partial charge in [0.1, 0.15) is 5.25 Å². The molecule has 0 fully saturated rings. The maximum atomic E-state index is 12.4. The third kappa shape index (κ3) is 6.99. The number of ether oxygens (including phenoxy) is 1. The molecule has 1 N–H and O–H groups in total. The van der Waals surface area contributed by atoms with Crippen LogP contribution in [0.15, 0.2) is 65.6 Å². The van der Waals surface area contributed by atoms with E-state index < -0.39 is 11.2 Å². The molecule has 0 heterocycles. The smallest absolute Gasteiger partial charge is 0.307 e. The Balaban J connectivity index is 1.92. The molecule has 0 spiro atoms. The zero-order chi connectivity index (χ0) is 17.9. The predicted octanol–water partition coefficient (Wildman–Crippen LogP) is 3.35. The van der Waals surface area contributed by atoms with Gasteiger partial charge in [-0.25, -0.2) is 5.48 Å². The number of thioether (sulfide) groups is 1. The number of carbonyl (C=O) groups excluding carboxylic acids is 2. The van der Waals surface area contributed by atoms with Gasteiger partial charge in [-0.2, -0.15) is 0 Å². The van der Waals surface area contributed by atoms with E-state index in [-0.39, 0.29) is 25.5 Å². The van der Waals surface area contributed by atoms with Crippen LogP contribution in [-0.4, -0.2) is 23.7 Å². The number of rotatable bonds is 9. The highest BCUT2D eigenvalue weighted by Gasteiger charge is 2.24. The minimum atomic E-state index is -0.628. The minimum Gasteiger partial charge on any atom is -0.466 e. The first kappa shape index (κ1) is 19.0. The number of carbonyl (C=O) groups is 2. The summed E-state index contributed by atoms with van der Waals surface area (Å²) in [6.45, 7) is 2.28. The van der Waals surface area contributed by atoms with E-state index in [2.05, 4.69) is 5.48 Å². The van der Waals surface area contributed by atoms with Gasteiger partial charge in [-0.1, -0.05) is 48.5 Å². The Morgan fingerprint density at radius 3 is 2.32 bits per heavy atom. The molecule has 2 aromatic carbocycles. The van der Waals surface area contributed by atoms with Crippen molar-refractivity contribution in [3.63, 3.8) is 0 Å². The van der Waals surface area contributed by atoms with E-state index in [1.54, 1.807) is 6.92 Å². The van der Waals surface area contributed by atoms with Crippen molar-refractivity contribution in [2.45, 2.75) is 30.1 Å². The molecular weight excluding hydrogens is 338 g/mol. The number of amides is 1. The number of hydroxylamine groups is 1. The van der Waals surface area contributed by atoms with Crippen LogP contribution >= 0.6 is 11.8 Å². The molecule has 0 aromatic heterocycles. The third-order valence-corrected chi connectivity index (χ3v) is 4.44. The molecule has 5 nitrogen and oxygen atoms in total. The second-order valence-corrected chi connectivity index (χ2v) is 6.45. The van der Waals surface area contributed by atoms with Crippen LogP contribution in [0.4, 0.5) is 0 Å². The van der Waals surface area contributed by atoms with Crippen LogP contribution in [0.1, 0.15) is 18.9 Å². The summed E-state index contributed by atoms with van der Waals surface area (Å²) in [4.78, 5) is 30.4. The van der Waals surface area contributed by atoms with Crippen molar-refractivity contribution < 1.29 is 19.2 Å². The topological polar surface area (TPSA) is 64.6 Å². The lowest BCUT2D eigenvalue weighted by Crippen LogP contribution is -2.34. The van der Waals surface area contributed by atoms with Gasteiger partial charge in [-0.05, 0) is 24.6 Å². The van der Waals surface area contributed by atoms with Crippen LogP contribution < -0.4 is 5.48 Å². The van der Waals surface area contributed by atoms with Gasteiger partial charge in [0.2, 0.25) is 0 Å². The van der Waals surface area contributed by atoms with E-state index in [4.69, 9.17) is 9.57 Å². The molecule has 6 heteroatoms. The molecule has 0 saturated heterocycles. The summed E-state index contributed by atoms with van der Waals surface area (Å²) in [5, 5.41) is -0.628. The molecule has 0 aliphatic heterocycles. The molecule has 1 amide bonds. The van der Waals surface area contributed by atoms with Crippen molar-refractivity contribution in [3.05, 3.63) is 66.2 Å². The van der Waals surface area contributed by atoms with Crippen molar-refractivity contribution >= 4 is 23.6 Å². The summed E-state index contributed by atoms with van der Waals surface area (Å²) >= 11 is 1.30. The normalized spacial score (nSPS) is 11.6. The molecule has 0 aliphatic rings. The van der Waals surface area contributed by atoms with E-state index in [0.717, 1.165) is 10.5 Å². The summed E-state index contributed by atoms with van der Waals surface area (Å²) in [5.74, 6) is -0.771. The third-order valence-electron chi connectivity index (χ3n) is 3.23. The fourth-order valence-electron chi connectivity index (χ4n) is 2.05. The number of hydrogen-bond donors (Lipinski definition) is 1. The fourth-order valence-corrected chi connectivity index (χ4v) is 3.07. The van der Waals surface area contributed by atoms with Gasteiger partial charge in [-0.3, -0.25) is 14.4 Å². The zero-order valence-electron chi connectivity index (χ0n) is 14.0. The van der Waals surface area contributed by atoms with Crippen LogP contribution in [0.2, 0.25) is 0 Å². The van der Waals surface area contributed by atoms with Crippen molar-refractivity contribution in [1.82, 2.24) is 5.48 Å². The number of benzene rings is 2. The highest BCUT2D eigenvalue weighted by molar-refractivity contribution is 8.00. The Bertz CT molecular complexity index is 664. The Morgan fingerprint density at radius 2 is 1.68 bits per heavy atom. The molecular formula is C19H21NO4S. The quantitative estimate of drug-likeness (QED) is 0.423. The molecule has 1 unspecified atom stereocenters. The number of nitrogens with one attached hydrogen (secondary N) is 1. The van der Waals surface area contributed by atoms with Crippen LogP contribution in [-0.2, 0) is 25.8 Å². The number of hydrogen-bond acceptors (Lipinski definition) is 5. The van der Waals surface area contributed by atoms with Crippen molar-refractivity contribution in [1.29, 1.82) is 0 Å². The lowest BCUT2D eigenvalue weighted by molar-refractivity contribution is -0.145. The van der Waals surface area contributed by atoms with Crippen molar-refractivity contribution in [2.24, 2.45) is 0 Å². The Morgan fingerprint density at radius 1 is 1.04 bits per heavy atom. The number of esters is 1. The zero-order valence-corrected chi connectivity index (χ0v) is 14.8. The van der Waals surface area contributed by atoms with Crippen LogP contribution in [0, 0.1) is 0 Å². The summed E-state index contributed by atoms with van der Waals surface area (Å²) in [6, 6.07) is 19.0. The highest BCUT2D eigenvalue weighted by atomic mass is 32.2. The summed E-state index contributed by atoms with van der Waals surface area (Å²) in [7, 11) is 0. The standard InChI is InChI=1S/C19H21NO4S/c1-2-23-18(21)13-17(25-16-11-7-4-8-12-16)19(22)20-24-14-15-9-5-3-6-10-15/h3-12,17H,2,13-14H2,1H3,(H,20,22). The molecule has 2 rings (SSSR count). The lowest BCUT2D eigenvalue weighted by Gasteiger charge is -2.15. The van der Waals surface area contributed by atoms with Crippen molar-refractivity contribution in [2.75, 3.05) is 6.61 Å². The van der Waals surface area contributed by atoms with Crippen LogP contribution in [0.5, 0.6) is 0 Å². The van der Waals surface area contributed by atoms with Gasteiger partial charge in [0.25, 0.3) is 5.91 Å². The molecule has 132 valence electrons. The predicted molar refractivity (Wildman–Crippen MR) is 96.7 cm³/mol. The highest BCUT2D eigenvalue weighted by Crippen LogP contribution is 2.25. The first-order valence-electron chi connectivity index (χ1n) is 8.02.